The molecule has 0 radical (unpaired) electrons. The third-order valence-corrected chi connectivity index (χ3v) is 3.39. The molecule has 0 spiro atoms. The normalized spacial score (nSPS) is 10.9. The van der Waals surface area contributed by atoms with Crippen molar-refractivity contribution in [3.63, 3.8) is 0 Å². The third-order valence-electron chi connectivity index (χ3n) is 2.92. The van der Waals surface area contributed by atoms with Gasteiger partial charge < -0.3 is 9.13 Å². The monoisotopic (exact) mass is 240 g/mol. The summed E-state index contributed by atoms with van der Waals surface area (Å²) in [6.45, 7) is 6.62. The molecule has 2 nitrogen and oxygen atoms in total. The van der Waals surface area contributed by atoms with Crippen molar-refractivity contribution in [2.24, 2.45) is 0 Å². The minimum atomic E-state index is 0.993. The smallest absolute Gasteiger partial charge is 0.179 e. The first-order valence-corrected chi connectivity index (χ1v) is 6.96. The molecule has 0 saturated carbocycles. The van der Waals surface area contributed by atoms with E-state index < -0.39 is 0 Å². The fourth-order valence-electron chi connectivity index (χ4n) is 1.86. The van der Waals surface area contributed by atoms with Crippen LogP contribution in [0.3, 0.4) is 0 Å². The third kappa shape index (κ3) is 4.12. The fraction of sp³-hybridized carbons (Fsp3) is 0.769. The Morgan fingerprint density at radius 2 is 1.31 bits per heavy atom. The maximum atomic E-state index is 5.45. The number of imidazole rings is 1. The van der Waals surface area contributed by atoms with Crippen molar-refractivity contribution in [1.82, 2.24) is 9.13 Å². The zero-order chi connectivity index (χ0) is 11.8. The molecule has 1 aromatic rings. The van der Waals surface area contributed by atoms with Gasteiger partial charge in [0, 0.05) is 25.5 Å². The number of hydrogen-bond donors (Lipinski definition) is 0. The van der Waals surface area contributed by atoms with Crippen molar-refractivity contribution in [2.75, 3.05) is 0 Å². The molecule has 3 heteroatoms. The molecule has 0 aromatic carbocycles. The first kappa shape index (κ1) is 13.5. The number of rotatable bonds is 8. The molecular weight excluding hydrogens is 216 g/mol. The minimum Gasteiger partial charge on any atom is -0.324 e. The van der Waals surface area contributed by atoms with Gasteiger partial charge >= 0.3 is 0 Å². The molecule has 1 heterocycles. The predicted octanol–water partition coefficient (Wildman–Crippen LogP) is 4.40. The summed E-state index contributed by atoms with van der Waals surface area (Å²) in [5.74, 6) is 0. The lowest BCUT2D eigenvalue weighted by atomic mass is 10.2. The molecule has 0 saturated heterocycles. The Morgan fingerprint density at radius 1 is 0.875 bits per heavy atom. The van der Waals surface area contributed by atoms with Gasteiger partial charge in [-0.25, -0.2) is 0 Å². The largest absolute Gasteiger partial charge is 0.324 e. The van der Waals surface area contributed by atoms with Gasteiger partial charge in [-0.2, -0.15) is 0 Å². The lowest BCUT2D eigenvalue weighted by molar-refractivity contribution is 0.559. The molecule has 0 aliphatic heterocycles. The molecule has 0 unspecified atom stereocenters. The van der Waals surface area contributed by atoms with Gasteiger partial charge in [0.05, 0.1) is 0 Å². The van der Waals surface area contributed by atoms with Crippen molar-refractivity contribution in [3.8, 4) is 0 Å². The van der Waals surface area contributed by atoms with E-state index in [0.29, 0.717) is 0 Å². The van der Waals surface area contributed by atoms with Crippen molar-refractivity contribution < 1.29 is 0 Å². The van der Waals surface area contributed by atoms with Gasteiger partial charge in [-0.15, -0.1) is 0 Å². The number of hydrogen-bond acceptors (Lipinski definition) is 1. The van der Waals surface area contributed by atoms with E-state index in [4.69, 9.17) is 12.2 Å². The average Bonchev–Trinajstić information content (AvgIpc) is 2.62. The summed E-state index contributed by atoms with van der Waals surface area (Å²) in [6, 6.07) is 0. The highest BCUT2D eigenvalue weighted by atomic mass is 32.1. The van der Waals surface area contributed by atoms with E-state index in [1.165, 1.54) is 38.5 Å². The maximum Gasteiger partial charge on any atom is 0.179 e. The van der Waals surface area contributed by atoms with Crippen LogP contribution in [0.4, 0.5) is 0 Å². The summed E-state index contributed by atoms with van der Waals surface area (Å²) in [6.07, 6.45) is 11.9. The van der Waals surface area contributed by atoms with E-state index in [1.807, 2.05) is 0 Å². The van der Waals surface area contributed by atoms with Gasteiger partial charge in [-0.1, -0.05) is 39.5 Å². The second kappa shape index (κ2) is 7.66. The molecule has 92 valence electrons. The van der Waals surface area contributed by atoms with E-state index in [0.717, 1.165) is 17.9 Å². The van der Waals surface area contributed by atoms with Crippen molar-refractivity contribution in [2.45, 2.75) is 65.5 Å². The number of aryl methyl sites for hydroxylation is 2. The highest BCUT2D eigenvalue weighted by molar-refractivity contribution is 7.71. The predicted molar refractivity (Wildman–Crippen MR) is 72.3 cm³/mol. The highest BCUT2D eigenvalue weighted by Gasteiger charge is 1.99. The van der Waals surface area contributed by atoms with Crippen LogP contribution in [0.25, 0.3) is 0 Å². The van der Waals surface area contributed by atoms with E-state index in [2.05, 4.69) is 35.4 Å². The van der Waals surface area contributed by atoms with Crippen LogP contribution >= 0.6 is 12.2 Å². The Balaban J connectivity index is 2.45. The summed E-state index contributed by atoms with van der Waals surface area (Å²) in [5, 5.41) is 0. The minimum absolute atomic E-state index is 0.993. The van der Waals surface area contributed by atoms with E-state index in [1.54, 1.807) is 0 Å². The molecule has 0 bridgehead atoms. The van der Waals surface area contributed by atoms with E-state index in [-0.39, 0.29) is 0 Å². The Labute approximate surface area is 104 Å². The summed E-state index contributed by atoms with van der Waals surface area (Å²) in [5.41, 5.74) is 0. The van der Waals surface area contributed by atoms with Crippen molar-refractivity contribution >= 4 is 12.2 Å². The van der Waals surface area contributed by atoms with Crippen LogP contribution in [-0.2, 0) is 13.1 Å². The zero-order valence-corrected chi connectivity index (χ0v) is 11.4. The van der Waals surface area contributed by atoms with Gasteiger partial charge in [-0.3, -0.25) is 0 Å². The average molecular weight is 240 g/mol. The van der Waals surface area contributed by atoms with Gasteiger partial charge in [0.2, 0.25) is 0 Å². The van der Waals surface area contributed by atoms with Crippen LogP contribution in [0.5, 0.6) is 0 Å². The second-order valence-electron chi connectivity index (χ2n) is 4.38. The summed E-state index contributed by atoms with van der Waals surface area (Å²) in [4.78, 5) is 0. The van der Waals surface area contributed by atoms with Gasteiger partial charge in [-0.05, 0) is 25.1 Å². The molecule has 0 aliphatic rings. The van der Waals surface area contributed by atoms with Crippen LogP contribution in [0.15, 0.2) is 12.4 Å². The first-order chi connectivity index (χ1) is 7.79. The van der Waals surface area contributed by atoms with Gasteiger partial charge in [0.25, 0.3) is 0 Å². The molecule has 16 heavy (non-hydrogen) atoms. The first-order valence-electron chi connectivity index (χ1n) is 6.55. The van der Waals surface area contributed by atoms with Gasteiger partial charge in [0.1, 0.15) is 0 Å². The molecule has 0 fully saturated rings. The SMILES string of the molecule is CCCCCn1ccn(CCCCC)c1=S. The molecule has 0 aliphatic carbocycles. The standard InChI is InChI=1S/C13H24N2S/c1-3-5-7-9-14-11-12-15(13(14)16)10-8-6-4-2/h11-12H,3-10H2,1-2H3. The van der Waals surface area contributed by atoms with Crippen LogP contribution in [0.2, 0.25) is 0 Å². The molecule has 0 amide bonds. The maximum absolute atomic E-state index is 5.45. The van der Waals surface area contributed by atoms with Crippen LogP contribution in [0, 0.1) is 4.77 Å². The Hall–Kier alpha value is -0.570. The summed E-state index contributed by atoms with van der Waals surface area (Å²) < 4.78 is 5.40. The number of unbranched alkanes of at least 4 members (excludes halogenated alkanes) is 4. The molecule has 0 atom stereocenters. The van der Waals surface area contributed by atoms with E-state index >= 15 is 0 Å². The van der Waals surface area contributed by atoms with Crippen LogP contribution in [-0.4, -0.2) is 9.13 Å². The Bertz CT molecular complexity index is 307. The molecule has 1 aromatic heterocycles. The van der Waals surface area contributed by atoms with Crippen molar-refractivity contribution in [1.29, 1.82) is 0 Å². The molecule has 0 N–H and O–H groups in total. The Kier molecular flexibility index (Phi) is 6.46. The Morgan fingerprint density at radius 3 is 1.69 bits per heavy atom. The number of aromatic nitrogens is 2. The number of nitrogens with zero attached hydrogens (tertiary/aromatic N) is 2. The molecular formula is C13H24N2S. The fourth-order valence-corrected chi connectivity index (χ4v) is 2.16. The zero-order valence-electron chi connectivity index (χ0n) is 10.6. The van der Waals surface area contributed by atoms with Crippen LogP contribution in [0.1, 0.15) is 52.4 Å². The van der Waals surface area contributed by atoms with Crippen molar-refractivity contribution in [3.05, 3.63) is 17.2 Å². The van der Waals surface area contributed by atoms with E-state index in [9.17, 15) is 0 Å². The van der Waals surface area contributed by atoms with Gasteiger partial charge in [0.15, 0.2) is 4.77 Å². The lowest BCUT2D eigenvalue weighted by Crippen LogP contribution is -2.01. The highest BCUT2D eigenvalue weighted by Crippen LogP contribution is 2.05. The summed E-state index contributed by atoms with van der Waals surface area (Å²) in [7, 11) is 0. The summed E-state index contributed by atoms with van der Waals surface area (Å²) >= 11 is 5.45. The molecule has 1 rings (SSSR count). The second-order valence-corrected chi connectivity index (χ2v) is 4.75. The quantitative estimate of drug-likeness (QED) is 0.483. The lowest BCUT2D eigenvalue weighted by Gasteiger charge is -2.03. The van der Waals surface area contributed by atoms with Crippen LogP contribution < -0.4 is 0 Å². The topological polar surface area (TPSA) is 9.86 Å².